The first-order valence-corrected chi connectivity index (χ1v) is 7.21. The number of hydrogen-bond acceptors (Lipinski definition) is 3. The Kier molecular flexibility index (Phi) is 5.04. The monoisotopic (exact) mass is 323 g/mol. The number of anilines is 3. The Morgan fingerprint density at radius 1 is 1.14 bits per heavy atom. The standard InChI is InChI=1S/C15H15Cl2N3O/c1-9(2)15(21)19-10-6-7-13(18-8-10)20-14-11(16)4-3-5-12(14)17/h3-9H,1-2H3,(H,18,20)(H,19,21). The Morgan fingerprint density at radius 3 is 2.33 bits per heavy atom. The molecule has 0 spiro atoms. The van der Waals surface area contributed by atoms with Gasteiger partial charge in [-0.1, -0.05) is 43.1 Å². The molecule has 2 aromatic rings. The quantitative estimate of drug-likeness (QED) is 0.855. The Morgan fingerprint density at radius 2 is 1.81 bits per heavy atom. The molecule has 1 amide bonds. The SMILES string of the molecule is CC(C)C(=O)Nc1ccc(Nc2c(Cl)cccc2Cl)nc1. The lowest BCUT2D eigenvalue weighted by Crippen LogP contribution is -2.17. The molecule has 1 aromatic carbocycles. The lowest BCUT2D eigenvalue weighted by Gasteiger charge is -2.11. The number of hydrogen-bond donors (Lipinski definition) is 2. The summed E-state index contributed by atoms with van der Waals surface area (Å²) in [5.74, 6) is 0.462. The van der Waals surface area contributed by atoms with E-state index in [-0.39, 0.29) is 11.8 Å². The lowest BCUT2D eigenvalue weighted by atomic mass is 10.2. The molecule has 0 saturated heterocycles. The fraction of sp³-hybridized carbons (Fsp3) is 0.200. The highest BCUT2D eigenvalue weighted by molar-refractivity contribution is 6.39. The van der Waals surface area contributed by atoms with Crippen LogP contribution in [0.2, 0.25) is 10.0 Å². The number of carbonyl (C=O) groups is 1. The fourth-order valence-electron chi connectivity index (χ4n) is 1.57. The van der Waals surface area contributed by atoms with Gasteiger partial charge in [0.15, 0.2) is 0 Å². The van der Waals surface area contributed by atoms with E-state index in [9.17, 15) is 4.79 Å². The predicted molar refractivity (Wildman–Crippen MR) is 87.4 cm³/mol. The van der Waals surface area contributed by atoms with Crippen LogP contribution in [0.15, 0.2) is 36.5 Å². The summed E-state index contributed by atoms with van der Waals surface area (Å²) in [6.07, 6.45) is 1.58. The van der Waals surface area contributed by atoms with Gasteiger partial charge in [0, 0.05) is 5.92 Å². The van der Waals surface area contributed by atoms with Gasteiger partial charge in [0.1, 0.15) is 5.82 Å². The molecule has 1 aromatic heterocycles. The van der Waals surface area contributed by atoms with Gasteiger partial charge in [-0.25, -0.2) is 4.98 Å². The van der Waals surface area contributed by atoms with E-state index in [2.05, 4.69) is 15.6 Å². The van der Waals surface area contributed by atoms with Gasteiger partial charge >= 0.3 is 0 Å². The molecule has 0 fully saturated rings. The van der Waals surface area contributed by atoms with Gasteiger partial charge in [-0.15, -0.1) is 0 Å². The average molecular weight is 324 g/mol. The highest BCUT2D eigenvalue weighted by atomic mass is 35.5. The van der Waals surface area contributed by atoms with E-state index in [4.69, 9.17) is 23.2 Å². The van der Waals surface area contributed by atoms with Crippen LogP contribution in [0.1, 0.15) is 13.8 Å². The van der Waals surface area contributed by atoms with E-state index in [1.165, 1.54) is 0 Å². The Hall–Kier alpha value is -1.78. The van der Waals surface area contributed by atoms with Gasteiger partial charge in [0.2, 0.25) is 5.91 Å². The van der Waals surface area contributed by atoms with Crippen molar-refractivity contribution in [2.45, 2.75) is 13.8 Å². The van der Waals surface area contributed by atoms with Crippen molar-refractivity contribution in [1.29, 1.82) is 0 Å². The fourth-order valence-corrected chi connectivity index (χ4v) is 2.07. The average Bonchev–Trinajstić information content (AvgIpc) is 2.44. The van der Waals surface area contributed by atoms with Crippen molar-refractivity contribution in [1.82, 2.24) is 4.98 Å². The van der Waals surface area contributed by atoms with E-state index in [1.807, 2.05) is 13.8 Å². The molecule has 21 heavy (non-hydrogen) atoms. The van der Waals surface area contributed by atoms with E-state index in [0.717, 1.165) is 0 Å². The zero-order valence-corrected chi connectivity index (χ0v) is 13.2. The van der Waals surface area contributed by atoms with Crippen molar-refractivity contribution < 1.29 is 4.79 Å². The van der Waals surface area contributed by atoms with Crippen LogP contribution < -0.4 is 10.6 Å². The maximum atomic E-state index is 11.6. The lowest BCUT2D eigenvalue weighted by molar-refractivity contribution is -0.118. The van der Waals surface area contributed by atoms with Crippen LogP contribution in [0.25, 0.3) is 0 Å². The third-order valence-electron chi connectivity index (χ3n) is 2.77. The minimum absolute atomic E-state index is 0.0494. The summed E-state index contributed by atoms with van der Waals surface area (Å²) in [5, 5.41) is 6.86. The predicted octanol–water partition coefficient (Wildman–Crippen LogP) is 4.73. The summed E-state index contributed by atoms with van der Waals surface area (Å²) < 4.78 is 0. The smallest absolute Gasteiger partial charge is 0.226 e. The maximum absolute atomic E-state index is 11.6. The number of benzene rings is 1. The number of rotatable bonds is 4. The number of carbonyl (C=O) groups excluding carboxylic acids is 1. The summed E-state index contributed by atoms with van der Waals surface area (Å²) in [4.78, 5) is 15.8. The molecule has 0 atom stereocenters. The van der Waals surface area contributed by atoms with E-state index in [0.29, 0.717) is 27.2 Å². The molecule has 0 aliphatic carbocycles. The molecule has 1 heterocycles. The van der Waals surface area contributed by atoms with E-state index in [1.54, 1.807) is 36.5 Å². The van der Waals surface area contributed by atoms with Crippen LogP contribution in [0.4, 0.5) is 17.2 Å². The molecule has 0 aliphatic heterocycles. The Bertz CT molecular complexity index is 622. The van der Waals surface area contributed by atoms with Gasteiger partial charge < -0.3 is 10.6 Å². The first-order valence-electron chi connectivity index (χ1n) is 6.45. The normalized spacial score (nSPS) is 10.5. The summed E-state index contributed by atoms with van der Waals surface area (Å²) in [5.41, 5.74) is 1.25. The van der Waals surface area contributed by atoms with Crippen molar-refractivity contribution in [3.05, 3.63) is 46.6 Å². The Labute approximate surface area is 133 Å². The summed E-state index contributed by atoms with van der Waals surface area (Å²) in [6, 6.07) is 8.77. The summed E-state index contributed by atoms with van der Waals surface area (Å²) in [7, 11) is 0. The molecular weight excluding hydrogens is 309 g/mol. The third-order valence-corrected chi connectivity index (χ3v) is 3.40. The molecule has 2 N–H and O–H groups in total. The second-order valence-corrected chi connectivity index (χ2v) is 5.61. The molecule has 0 radical (unpaired) electrons. The zero-order chi connectivity index (χ0) is 15.4. The number of halogens is 2. The van der Waals surface area contributed by atoms with E-state index < -0.39 is 0 Å². The number of pyridine rings is 1. The van der Waals surface area contributed by atoms with Gasteiger partial charge in [0.05, 0.1) is 27.6 Å². The van der Waals surface area contributed by atoms with Crippen LogP contribution in [0.5, 0.6) is 0 Å². The number of amides is 1. The molecule has 110 valence electrons. The minimum atomic E-state index is -0.0790. The van der Waals surface area contributed by atoms with Crippen molar-refractivity contribution in [2.24, 2.45) is 5.92 Å². The number of aromatic nitrogens is 1. The summed E-state index contributed by atoms with van der Waals surface area (Å²) >= 11 is 12.2. The van der Waals surface area contributed by atoms with Crippen molar-refractivity contribution in [2.75, 3.05) is 10.6 Å². The third kappa shape index (κ3) is 4.09. The van der Waals surface area contributed by atoms with E-state index >= 15 is 0 Å². The Balaban J connectivity index is 2.11. The summed E-state index contributed by atoms with van der Waals surface area (Å²) in [6.45, 7) is 3.66. The van der Waals surface area contributed by atoms with Crippen molar-refractivity contribution in [3.63, 3.8) is 0 Å². The zero-order valence-electron chi connectivity index (χ0n) is 11.7. The number of nitrogens with zero attached hydrogens (tertiary/aromatic N) is 1. The first kappa shape index (κ1) is 15.6. The van der Waals surface area contributed by atoms with Crippen LogP contribution >= 0.6 is 23.2 Å². The topological polar surface area (TPSA) is 54.0 Å². The number of nitrogens with one attached hydrogen (secondary N) is 2. The van der Waals surface area contributed by atoms with Crippen molar-refractivity contribution in [3.8, 4) is 0 Å². The molecule has 2 rings (SSSR count). The van der Waals surface area contributed by atoms with Gasteiger partial charge in [-0.3, -0.25) is 4.79 Å². The van der Waals surface area contributed by atoms with Gasteiger partial charge in [0.25, 0.3) is 0 Å². The minimum Gasteiger partial charge on any atom is -0.338 e. The van der Waals surface area contributed by atoms with Crippen LogP contribution in [0, 0.1) is 5.92 Å². The maximum Gasteiger partial charge on any atom is 0.226 e. The van der Waals surface area contributed by atoms with Crippen LogP contribution in [-0.4, -0.2) is 10.9 Å². The molecule has 0 aliphatic rings. The van der Waals surface area contributed by atoms with Crippen LogP contribution in [-0.2, 0) is 4.79 Å². The second-order valence-electron chi connectivity index (χ2n) is 4.80. The highest BCUT2D eigenvalue weighted by Gasteiger charge is 2.08. The molecule has 4 nitrogen and oxygen atoms in total. The second kappa shape index (κ2) is 6.78. The molecule has 6 heteroatoms. The van der Waals surface area contributed by atoms with Gasteiger partial charge in [-0.05, 0) is 24.3 Å². The highest BCUT2D eigenvalue weighted by Crippen LogP contribution is 2.32. The molecule has 0 saturated carbocycles. The van der Waals surface area contributed by atoms with Gasteiger partial charge in [-0.2, -0.15) is 0 Å². The van der Waals surface area contributed by atoms with Crippen molar-refractivity contribution >= 4 is 46.3 Å². The number of para-hydroxylation sites is 1. The molecule has 0 unspecified atom stereocenters. The molecule has 0 bridgehead atoms. The van der Waals surface area contributed by atoms with Crippen LogP contribution in [0.3, 0.4) is 0 Å². The largest absolute Gasteiger partial charge is 0.338 e. The first-order chi connectivity index (χ1) is 9.97. The molecular formula is C15H15Cl2N3O.